The number of fused-ring (bicyclic) bond motifs is 1. The topological polar surface area (TPSA) is 92.2 Å². The molecule has 1 spiro atoms. The van der Waals surface area contributed by atoms with E-state index in [0.29, 0.717) is 10.8 Å². The second kappa shape index (κ2) is 8.01. The van der Waals surface area contributed by atoms with Gasteiger partial charge in [0.2, 0.25) is 5.91 Å². The number of aromatic nitrogens is 3. The van der Waals surface area contributed by atoms with Crippen LogP contribution in [0.3, 0.4) is 0 Å². The van der Waals surface area contributed by atoms with Crippen molar-refractivity contribution in [3.05, 3.63) is 29.2 Å². The van der Waals surface area contributed by atoms with Crippen LogP contribution in [0.4, 0.5) is 10.6 Å². The molecule has 2 aliphatic heterocycles. The highest BCUT2D eigenvalue weighted by Crippen LogP contribution is 2.49. The number of rotatable bonds is 3. The number of anilines is 1. The number of halogens is 1. The molecule has 1 saturated carbocycles. The molecule has 2 N–H and O–H groups in total. The minimum atomic E-state index is -0.254. The van der Waals surface area contributed by atoms with Crippen LogP contribution in [-0.2, 0) is 17.8 Å². The van der Waals surface area contributed by atoms with Gasteiger partial charge in [-0.1, -0.05) is 25.4 Å². The molecule has 0 aromatic carbocycles. The number of likely N-dealkylation sites (tertiary alicyclic amines) is 1. The molecule has 3 aliphatic rings. The smallest absolute Gasteiger partial charge is 0.320 e. The molecule has 0 unspecified atom stereocenters. The average molecular weight is 471 g/mol. The summed E-state index contributed by atoms with van der Waals surface area (Å²) in [4.78, 5) is 30.6. The van der Waals surface area contributed by atoms with Crippen LogP contribution < -0.4 is 10.6 Å². The van der Waals surface area contributed by atoms with Crippen molar-refractivity contribution in [2.75, 3.05) is 18.4 Å². The molecule has 8 nitrogen and oxygen atoms in total. The molecule has 4 heterocycles. The summed E-state index contributed by atoms with van der Waals surface area (Å²) in [6.45, 7) is 8.50. The summed E-state index contributed by atoms with van der Waals surface area (Å²) >= 11 is 6.49. The number of nitrogens with one attached hydrogen (secondary N) is 2. The van der Waals surface area contributed by atoms with Crippen LogP contribution in [-0.4, -0.2) is 50.7 Å². The highest BCUT2D eigenvalue weighted by molar-refractivity contribution is 6.33. The van der Waals surface area contributed by atoms with Crippen LogP contribution in [0.5, 0.6) is 0 Å². The monoisotopic (exact) mass is 470 g/mol. The second-order valence-corrected chi connectivity index (χ2v) is 11.0. The molecule has 3 amide bonds. The van der Waals surface area contributed by atoms with E-state index < -0.39 is 0 Å². The number of amides is 3. The first-order valence-corrected chi connectivity index (χ1v) is 12.1. The number of carbonyl (C=O) groups excluding carboxylic acids is 2. The summed E-state index contributed by atoms with van der Waals surface area (Å²) in [6, 6.07) is 1.70. The molecule has 2 aromatic heterocycles. The first-order chi connectivity index (χ1) is 15.7. The minimum absolute atomic E-state index is 0.105. The van der Waals surface area contributed by atoms with E-state index in [1.165, 1.54) is 0 Å². The summed E-state index contributed by atoms with van der Waals surface area (Å²) < 4.78 is 2.04. The molecular weight excluding hydrogens is 440 g/mol. The second-order valence-electron chi connectivity index (χ2n) is 10.6. The van der Waals surface area contributed by atoms with E-state index in [2.05, 4.69) is 34.6 Å². The molecule has 5 rings (SSSR count). The van der Waals surface area contributed by atoms with Gasteiger partial charge in [-0.05, 0) is 49.0 Å². The van der Waals surface area contributed by atoms with Crippen LogP contribution in [0.1, 0.15) is 52.1 Å². The zero-order chi connectivity index (χ0) is 23.4. The van der Waals surface area contributed by atoms with E-state index >= 15 is 0 Å². The number of urea groups is 1. The number of pyridine rings is 1. The number of hydrogen-bond acceptors (Lipinski definition) is 4. The first-order valence-electron chi connectivity index (χ1n) is 11.7. The van der Waals surface area contributed by atoms with Gasteiger partial charge >= 0.3 is 6.03 Å². The maximum Gasteiger partial charge on any atom is 0.320 e. The molecular formula is C24H31ClN6O2. The molecule has 176 valence electrons. The third-order valence-electron chi connectivity index (χ3n) is 7.74. The summed E-state index contributed by atoms with van der Waals surface area (Å²) in [5, 5.41) is 11.1. The lowest BCUT2D eigenvalue weighted by Gasteiger charge is -2.53. The number of nitrogens with zero attached hydrogens (tertiary/aromatic N) is 4. The predicted molar refractivity (Wildman–Crippen MR) is 127 cm³/mol. The normalized spacial score (nSPS) is 22.5. The Morgan fingerprint density at radius 2 is 1.91 bits per heavy atom. The van der Waals surface area contributed by atoms with Crippen molar-refractivity contribution in [3.63, 3.8) is 0 Å². The third-order valence-corrected chi connectivity index (χ3v) is 8.04. The van der Waals surface area contributed by atoms with Gasteiger partial charge in [-0.3, -0.25) is 14.8 Å². The lowest BCUT2D eigenvalue weighted by molar-refractivity contribution is -0.132. The van der Waals surface area contributed by atoms with E-state index in [1.807, 2.05) is 21.8 Å². The molecule has 1 saturated heterocycles. The fourth-order valence-electron chi connectivity index (χ4n) is 5.68. The molecule has 0 bridgehead atoms. The first kappa shape index (κ1) is 22.2. The highest BCUT2D eigenvalue weighted by atomic mass is 35.5. The summed E-state index contributed by atoms with van der Waals surface area (Å²) in [7, 11) is 0. The maximum atomic E-state index is 12.8. The van der Waals surface area contributed by atoms with Crippen LogP contribution in [0, 0.1) is 10.8 Å². The molecule has 1 aliphatic carbocycles. The molecule has 2 fully saturated rings. The van der Waals surface area contributed by atoms with Gasteiger partial charge in [0.05, 0.1) is 11.2 Å². The molecule has 0 radical (unpaired) electrons. The SMILES string of the molecule is CC(=O)N1CCC2(CC[C@@H]2NC(=O)Nc2cc(-c3cnn4c3CC(C)(C)C4)c(Cl)cn2)CC1. The van der Waals surface area contributed by atoms with Gasteiger partial charge in [0.1, 0.15) is 5.82 Å². The largest absolute Gasteiger partial charge is 0.343 e. The van der Waals surface area contributed by atoms with Gasteiger partial charge in [-0.25, -0.2) is 9.78 Å². The van der Waals surface area contributed by atoms with Crippen molar-refractivity contribution in [1.29, 1.82) is 0 Å². The fourth-order valence-corrected chi connectivity index (χ4v) is 5.89. The van der Waals surface area contributed by atoms with Gasteiger partial charge in [0.25, 0.3) is 0 Å². The predicted octanol–water partition coefficient (Wildman–Crippen LogP) is 4.09. The van der Waals surface area contributed by atoms with Crippen molar-refractivity contribution in [3.8, 4) is 11.1 Å². The Kier molecular flexibility index (Phi) is 5.39. The van der Waals surface area contributed by atoms with Gasteiger partial charge in [-0.15, -0.1) is 0 Å². The van der Waals surface area contributed by atoms with E-state index in [0.717, 1.165) is 68.6 Å². The molecule has 1 atom stereocenters. The zero-order valence-corrected chi connectivity index (χ0v) is 20.2. The summed E-state index contributed by atoms with van der Waals surface area (Å²) in [5.41, 5.74) is 3.26. The number of hydrogen-bond donors (Lipinski definition) is 2. The van der Waals surface area contributed by atoms with E-state index in [-0.39, 0.29) is 28.8 Å². The van der Waals surface area contributed by atoms with Crippen molar-refractivity contribution in [1.82, 2.24) is 25.0 Å². The summed E-state index contributed by atoms with van der Waals surface area (Å²) in [6.07, 6.45) is 8.28. The van der Waals surface area contributed by atoms with E-state index in [4.69, 9.17) is 11.6 Å². The lowest BCUT2D eigenvalue weighted by atomic mass is 9.59. The maximum absolute atomic E-state index is 12.8. The van der Waals surface area contributed by atoms with Gasteiger partial charge in [-0.2, -0.15) is 5.10 Å². The fraction of sp³-hybridized carbons (Fsp3) is 0.583. The van der Waals surface area contributed by atoms with Gasteiger partial charge in [0.15, 0.2) is 0 Å². The van der Waals surface area contributed by atoms with Crippen LogP contribution in [0.15, 0.2) is 18.5 Å². The van der Waals surface area contributed by atoms with E-state index in [1.54, 1.807) is 13.1 Å². The van der Waals surface area contributed by atoms with Crippen LogP contribution >= 0.6 is 11.6 Å². The number of piperidine rings is 1. The molecule has 33 heavy (non-hydrogen) atoms. The quantitative estimate of drug-likeness (QED) is 0.706. The Hall–Kier alpha value is -2.61. The van der Waals surface area contributed by atoms with E-state index in [9.17, 15) is 9.59 Å². The molecule has 2 aromatic rings. The Bertz CT molecular complexity index is 1100. The Morgan fingerprint density at radius 3 is 2.58 bits per heavy atom. The van der Waals surface area contributed by atoms with Crippen molar-refractivity contribution in [2.24, 2.45) is 10.8 Å². The van der Waals surface area contributed by atoms with Crippen LogP contribution in [0.25, 0.3) is 11.1 Å². The van der Waals surface area contributed by atoms with Crippen molar-refractivity contribution < 1.29 is 9.59 Å². The Morgan fingerprint density at radius 1 is 1.15 bits per heavy atom. The number of carbonyl (C=O) groups is 2. The average Bonchev–Trinajstić information content (AvgIpc) is 3.27. The zero-order valence-electron chi connectivity index (χ0n) is 19.4. The van der Waals surface area contributed by atoms with Crippen LogP contribution in [0.2, 0.25) is 5.02 Å². The standard InChI is InChI=1S/C24H31ClN6O2/c1-15(32)30-8-6-24(7-9-30)5-4-20(24)28-22(33)29-21-10-16(18(25)13-26-21)17-12-27-31-14-23(2,3)11-19(17)31/h10,12-13,20H,4-9,11,14H2,1-3H3,(H2,26,28,29,33)/t20-/m0/s1. The summed E-state index contributed by atoms with van der Waals surface area (Å²) in [5.74, 6) is 0.590. The third kappa shape index (κ3) is 4.09. The van der Waals surface area contributed by atoms with Gasteiger partial charge in [0, 0.05) is 55.6 Å². The molecule has 9 heteroatoms. The Balaban J connectivity index is 1.26. The highest BCUT2D eigenvalue weighted by Gasteiger charge is 2.49. The lowest BCUT2D eigenvalue weighted by Crippen LogP contribution is -2.60. The minimum Gasteiger partial charge on any atom is -0.343 e. The van der Waals surface area contributed by atoms with Crippen molar-refractivity contribution in [2.45, 2.75) is 65.5 Å². The Labute approximate surface area is 199 Å². The van der Waals surface area contributed by atoms with Gasteiger partial charge < -0.3 is 10.2 Å². The van der Waals surface area contributed by atoms with Crippen molar-refractivity contribution >= 4 is 29.4 Å².